The van der Waals surface area contributed by atoms with Crippen molar-refractivity contribution in [3.05, 3.63) is 0 Å². The third kappa shape index (κ3) is 5.77. The summed E-state index contributed by atoms with van der Waals surface area (Å²) in [6.07, 6.45) is 3.11. The highest BCUT2D eigenvalue weighted by molar-refractivity contribution is 5.75. The first-order valence-electron chi connectivity index (χ1n) is 7.56. The third-order valence-corrected chi connectivity index (χ3v) is 3.72. The number of rotatable bonds is 7. The van der Waals surface area contributed by atoms with Crippen molar-refractivity contribution in [1.29, 1.82) is 0 Å². The molecule has 0 spiro atoms. The summed E-state index contributed by atoms with van der Waals surface area (Å²) in [5, 5.41) is 11.7. The van der Waals surface area contributed by atoms with Gasteiger partial charge in [0.1, 0.15) is 0 Å². The van der Waals surface area contributed by atoms with Gasteiger partial charge < -0.3 is 20.2 Å². The molecule has 6 nitrogen and oxygen atoms in total. The number of hydrogen-bond donors (Lipinski definition) is 2. The maximum atomic E-state index is 12.1. The Hall–Kier alpha value is -1.30. The zero-order valence-corrected chi connectivity index (χ0v) is 12.6. The molecule has 1 heterocycles. The Morgan fingerprint density at radius 1 is 1.30 bits per heavy atom. The molecule has 1 rings (SSSR count). The molecule has 116 valence electrons. The van der Waals surface area contributed by atoms with Crippen LogP contribution < -0.4 is 5.32 Å². The number of carboxylic acid groups (broad SMARTS) is 1. The molecular weight excluding hydrogens is 258 g/mol. The van der Waals surface area contributed by atoms with Crippen LogP contribution in [0.25, 0.3) is 0 Å². The number of carbonyl (C=O) groups excluding carboxylic acids is 1. The largest absolute Gasteiger partial charge is 0.481 e. The molecule has 2 amide bonds. The molecule has 0 unspecified atom stereocenters. The molecular formula is C14H27N3O3. The highest BCUT2D eigenvalue weighted by Crippen LogP contribution is 2.11. The highest BCUT2D eigenvalue weighted by atomic mass is 16.4. The lowest BCUT2D eigenvalue weighted by molar-refractivity contribution is -0.137. The maximum absolute atomic E-state index is 12.1. The Kier molecular flexibility index (Phi) is 7.36. The zero-order valence-electron chi connectivity index (χ0n) is 12.6. The average molecular weight is 285 g/mol. The molecule has 1 aliphatic rings. The van der Waals surface area contributed by atoms with Gasteiger partial charge in [-0.15, -0.1) is 0 Å². The minimum atomic E-state index is -0.871. The summed E-state index contributed by atoms with van der Waals surface area (Å²) in [6.45, 7) is 8.03. The summed E-state index contributed by atoms with van der Waals surface area (Å²) in [7, 11) is 0. The molecule has 20 heavy (non-hydrogen) atoms. The van der Waals surface area contributed by atoms with Crippen LogP contribution in [-0.2, 0) is 4.79 Å². The van der Waals surface area contributed by atoms with Crippen LogP contribution in [0.5, 0.6) is 0 Å². The molecule has 6 heteroatoms. The molecule has 0 aliphatic carbocycles. The Bertz CT molecular complexity index is 315. The summed E-state index contributed by atoms with van der Waals surface area (Å²) in [5.41, 5.74) is 0. The van der Waals surface area contributed by atoms with Crippen molar-refractivity contribution in [2.24, 2.45) is 0 Å². The Balaban J connectivity index is 2.32. The van der Waals surface area contributed by atoms with Crippen LogP contribution in [0.2, 0.25) is 0 Å². The number of nitrogens with zero attached hydrogens (tertiary/aromatic N) is 2. The molecule has 0 radical (unpaired) electrons. The fourth-order valence-electron chi connectivity index (χ4n) is 2.52. The molecule has 1 fully saturated rings. The van der Waals surface area contributed by atoms with Crippen molar-refractivity contribution in [3.63, 3.8) is 0 Å². The number of hydrogen-bond acceptors (Lipinski definition) is 3. The Labute approximate surface area is 121 Å². The summed E-state index contributed by atoms with van der Waals surface area (Å²) in [5.74, 6) is -0.871. The lowest BCUT2D eigenvalue weighted by Crippen LogP contribution is -2.49. The van der Waals surface area contributed by atoms with Gasteiger partial charge in [-0.25, -0.2) is 4.79 Å². The lowest BCUT2D eigenvalue weighted by atomic mass is 10.1. The topological polar surface area (TPSA) is 72.9 Å². The van der Waals surface area contributed by atoms with E-state index in [-0.39, 0.29) is 25.0 Å². The van der Waals surface area contributed by atoms with Crippen LogP contribution in [0, 0.1) is 0 Å². The number of carboxylic acids is 1. The second-order valence-electron chi connectivity index (χ2n) is 5.29. The van der Waals surface area contributed by atoms with E-state index in [1.165, 1.54) is 0 Å². The minimum Gasteiger partial charge on any atom is -0.481 e. The number of aliphatic carboxylic acids is 1. The lowest BCUT2D eigenvalue weighted by Gasteiger charge is -2.33. The Morgan fingerprint density at radius 3 is 2.45 bits per heavy atom. The predicted octanol–water partition coefficient (Wildman–Crippen LogP) is 1.37. The van der Waals surface area contributed by atoms with Crippen molar-refractivity contribution in [2.45, 2.75) is 45.6 Å². The van der Waals surface area contributed by atoms with E-state index < -0.39 is 5.97 Å². The van der Waals surface area contributed by atoms with Crippen molar-refractivity contribution in [2.75, 3.05) is 32.7 Å². The van der Waals surface area contributed by atoms with Crippen LogP contribution in [-0.4, -0.2) is 65.7 Å². The normalized spacial score (nSPS) is 16.9. The first-order chi connectivity index (χ1) is 9.56. The van der Waals surface area contributed by atoms with E-state index in [4.69, 9.17) is 5.11 Å². The van der Waals surface area contributed by atoms with E-state index in [0.717, 1.165) is 38.9 Å². The maximum Gasteiger partial charge on any atom is 0.317 e. The first kappa shape index (κ1) is 16.8. The average Bonchev–Trinajstić information content (AvgIpc) is 2.41. The fraction of sp³-hybridized carbons (Fsp3) is 0.857. The number of nitrogens with one attached hydrogen (secondary N) is 1. The van der Waals surface area contributed by atoms with E-state index in [1.807, 2.05) is 6.92 Å². The van der Waals surface area contributed by atoms with E-state index >= 15 is 0 Å². The van der Waals surface area contributed by atoms with Crippen LogP contribution in [0.4, 0.5) is 4.79 Å². The molecule has 0 aromatic carbocycles. The molecule has 0 aromatic heterocycles. The number of amides is 2. The van der Waals surface area contributed by atoms with Gasteiger partial charge in [-0.2, -0.15) is 0 Å². The van der Waals surface area contributed by atoms with Crippen LogP contribution in [0.1, 0.15) is 39.5 Å². The van der Waals surface area contributed by atoms with Gasteiger partial charge in [0.15, 0.2) is 0 Å². The zero-order chi connectivity index (χ0) is 15.0. The number of carbonyl (C=O) groups is 2. The monoisotopic (exact) mass is 285 g/mol. The summed E-state index contributed by atoms with van der Waals surface area (Å²) in [4.78, 5) is 26.6. The van der Waals surface area contributed by atoms with Crippen LogP contribution in [0.3, 0.4) is 0 Å². The molecule has 0 bridgehead atoms. The Morgan fingerprint density at radius 2 is 1.95 bits per heavy atom. The molecule has 0 saturated carbocycles. The second kappa shape index (κ2) is 8.79. The molecule has 1 aliphatic heterocycles. The van der Waals surface area contributed by atoms with E-state index in [9.17, 15) is 9.59 Å². The highest BCUT2D eigenvalue weighted by Gasteiger charge is 2.22. The van der Waals surface area contributed by atoms with Crippen molar-refractivity contribution >= 4 is 12.0 Å². The van der Waals surface area contributed by atoms with Gasteiger partial charge in [-0.05, 0) is 32.7 Å². The van der Waals surface area contributed by atoms with Gasteiger partial charge in [0, 0.05) is 32.2 Å². The van der Waals surface area contributed by atoms with E-state index in [1.54, 1.807) is 4.90 Å². The molecule has 1 saturated heterocycles. The quantitative estimate of drug-likeness (QED) is 0.741. The van der Waals surface area contributed by atoms with Crippen molar-refractivity contribution in [1.82, 2.24) is 15.1 Å². The summed E-state index contributed by atoms with van der Waals surface area (Å²) in [6, 6.07) is 0.0807. The number of urea groups is 1. The third-order valence-electron chi connectivity index (χ3n) is 3.72. The van der Waals surface area contributed by atoms with E-state index in [0.29, 0.717) is 6.54 Å². The van der Waals surface area contributed by atoms with Gasteiger partial charge >= 0.3 is 12.0 Å². The van der Waals surface area contributed by atoms with Gasteiger partial charge in [0.25, 0.3) is 0 Å². The van der Waals surface area contributed by atoms with Crippen LogP contribution >= 0.6 is 0 Å². The van der Waals surface area contributed by atoms with Gasteiger partial charge in [-0.3, -0.25) is 4.79 Å². The summed E-state index contributed by atoms with van der Waals surface area (Å²) < 4.78 is 0. The second-order valence-corrected chi connectivity index (χ2v) is 5.29. The molecule has 2 N–H and O–H groups in total. The predicted molar refractivity (Wildman–Crippen MR) is 77.8 cm³/mol. The van der Waals surface area contributed by atoms with Crippen molar-refractivity contribution in [3.8, 4) is 0 Å². The number of piperidine rings is 1. The smallest absolute Gasteiger partial charge is 0.317 e. The molecule has 0 atom stereocenters. The number of likely N-dealkylation sites (tertiary alicyclic amines) is 1. The standard InChI is InChI=1S/C14H27N3O3/c1-3-8-16-9-5-12(6-10-16)15-14(20)17(4-2)11-7-13(18)19/h12H,3-11H2,1-2H3,(H,15,20)(H,18,19). The van der Waals surface area contributed by atoms with Gasteiger partial charge in [-0.1, -0.05) is 6.92 Å². The molecule has 0 aromatic rings. The van der Waals surface area contributed by atoms with Gasteiger partial charge in [0.05, 0.1) is 6.42 Å². The fourth-order valence-corrected chi connectivity index (χ4v) is 2.52. The van der Waals surface area contributed by atoms with E-state index in [2.05, 4.69) is 17.1 Å². The minimum absolute atomic E-state index is 0.00377. The van der Waals surface area contributed by atoms with Gasteiger partial charge in [0.2, 0.25) is 0 Å². The SMILES string of the molecule is CCCN1CCC(NC(=O)N(CC)CCC(=O)O)CC1. The first-order valence-corrected chi connectivity index (χ1v) is 7.56. The summed E-state index contributed by atoms with van der Waals surface area (Å²) >= 11 is 0. The van der Waals surface area contributed by atoms with Crippen LogP contribution in [0.15, 0.2) is 0 Å². The van der Waals surface area contributed by atoms with Crippen molar-refractivity contribution < 1.29 is 14.7 Å².